The normalized spacial score (nSPS) is 22.1. The van der Waals surface area contributed by atoms with E-state index < -0.39 is 5.54 Å². The van der Waals surface area contributed by atoms with Crippen LogP contribution in [0.5, 0.6) is 0 Å². The molecule has 1 N–H and O–H groups in total. The maximum absolute atomic E-state index is 13.3. The maximum atomic E-state index is 13.3. The van der Waals surface area contributed by atoms with Gasteiger partial charge >= 0.3 is 6.03 Å². The third-order valence-electron chi connectivity index (χ3n) is 7.20. The van der Waals surface area contributed by atoms with Gasteiger partial charge in [-0.05, 0) is 43.1 Å². The first-order valence-electron chi connectivity index (χ1n) is 12.0. The molecule has 0 unspecified atom stereocenters. The fourth-order valence-corrected chi connectivity index (χ4v) is 5.22. The standard InChI is InChI=1S/C25H36N4O3/c1-19(2)16-22(30)28-12-8-21(9-13-28)18-29-23(31)25(26-24(29)32)10-14-27(15-11-25)17-20-6-4-3-5-7-20/h3-7,19,21H,8-18H2,1-2H3,(H,26,32). The number of carbonyl (C=O) groups excluding carboxylic acids is 3. The van der Waals surface area contributed by atoms with Crippen molar-refractivity contribution in [3.63, 3.8) is 0 Å². The van der Waals surface area contributed by atoms with E-state index in [1.165, 1.54) is 10.5 Å². The Kier molecular flexibility index (Phi) is 6.84. The van der Waals surface area contributed by atoms with Gasteiger partial charge in [-0.1, -0.05) is 44.2 Å². The van der Waals surface area contributed by atoms with Gasteiger partial charge in [-0.15, -0.1) is 0 Å². The SMILES string of the molecule is CC(C)CC(=O)N1CCC(CN2C(=O)NC3(CCN(Cc4ccccc4)CC3)C2=O)CC1. The summed E-state index contributed by atoms with van der Waals surface area (Å²) >= 11 is 0. The van der Waals surface area contributed by atoms with Crippen molar-refractivity contribution in [2.24, 2.45) is 11.8 Å². The number of hydrogen-bond donors (Lipinski definition) is 1. The molecule has 3 heterocycles. The highest BCUT2D eigenvalue weighted by Gasteiger charge is 2.52. The number of benzene rings is 1. The highest BCUT2D eigenvalue weighted by molar-refractivity contribution is 6.07. The quantitative estimate of drug-likeness (QED) is 0.691. The van der Waals surface area contributed by atoms with Gasteiger partial charge in [0.2, 0.25) is 5.91 Å². The lowest BCUT2D eigenvalue weighted by atomic mass is 9.87. The van der Waals surface area contributed by atoms with Crippen LogP contribution in [-0.2, 0) is 16.1 Å². The second-order valence-corrected chi connectivity index (χ2v) is 10.1. The number of likely N-dealkylation sites (tertiary alicyclic amines) is 2. The molecule has 0 radical (unpaired) electrons. The third-order valence-corrected chi connectivity index (χ3v) is 7.20. The lowest BCUT2D eigenvalue weighted by molar-refractivity contribution is -0.135. The van der Waals surface area contributed by atoms with Crippen LogP contribution in [-0.4, -0.2) is 70.8 Å². The van der Waals surface area contributed by atoms with Crippen molar-refractivity contribution in [1.82, 2.24) is 20.0 Å². The second-order valence-electron chi connectivity index (χ2n) is 10.1. The molecule has 3 aliphatic heterocycles. The molecular formula is C25H36N4O3. The molecule has 7 heteroatoms. The molecule has 1 aromatic rings. The molecule has 3 saturated heterocycles. The topological polar surface area (TPSA) is 73.0 Å². The van der Waals surface area contributed by atoms with Crippen molar-refractivity contribution in [1.29, 1.82) is 0 Å². The zero-order chi connectivity index (χ0) is 22.7. The summed E-state index contributed by atoms with van der Waals surface area (Å²) < 4.78 is 0. The van der Waals surface area contributed by atoms with Crippen molar-refractivity contribution in [3.05, 3.63) is 35.9 Å². The molecule has 0 aromatic heterocycles. The number of amides is 4. The molecule has 4 amide bonds. The van der Waals surface area contributed by atoms with Crippen LogP contribution >= 0.6 is 0 Å². The number of nitrogens with zero attached hydrogens (tertiary/aromatic N) is 3. The average molecular weight is 441 g/mol. The summed E-state index contributed by atoms with van der Waals surface area (Å²) in [6.07, 6.45) is 3.59. The lowest BCUT2D eigenvalue weighted by Gasteiger charge is -2.37. The Morgan fingerprint density at radius 1 is 1.06 bits per heavy atom. The fourth-order valence-electron chi connectivity index (χ4n) is 5.22. The highest BCUT2D eigenvalue weighted by atomic mass is 16.2. The third kappa shape index (κ3) is 4.98. The molecule has 32 heavy (non-hydrogen) atoms. The van der Waals surface area contributed by atoms with Crippen LogP contribution in [0.1, 0.15) is 51.5 Å². The van der Waals surface area contributed by atoms with Gasteiger partial charge in [0.15, 0.2) is 0 Å². The van der Waals surface area contributed by atoms with Crippen LogP contribution in [0.15, 0.2) is 30.3 Å². The van der Waals surface area contributed by atoms with Gasteiger partial charge in [0.05, 0.1) is 0 Å². The molecule has 3 aliphatic rings. The van der Waals surface area contributed by atoms with E-state index in [0.29, 0.717) is 31.7 Å². The highest BCUT2D eigenvalue weighted by Crippen LogP contribution is 2.31. The number of carbonyl (C=O) groups is 3. The zero-order valence-corrected chi connectivity index (χ0v) is 19.4. The van der Waals surface area contributed by atoms with Crippen LogP contribution in [0.4, 0.5) is 4.79 Å². The van der Waals surface area contributed by atoms with Crippen LogP contribution in [0, 0.1) is 11.8 Å². The van der Waals surface area contributed by atoms with Crippen molar-refractivity contribution in [3.8, 4) is 0 Å². The molecule has 7 nitrogen and oxygen atoms in total. The zero-order valence-electron chi connectivity index (χ0n) is 19.4. The van der Waals surface area contributed by atoms with E-state index in [2.05, 4.69) is 36.2 Å². The Balaban J connectivity index is 1.28. The Morgan fingerprint density at radius 2 is 1.72 bits per heavy atom. The van der Waals surface area contributed by atoms with Crippen LogP contribution in [0.25, 0.3) is 0 Å². The summed E-state index contributed by atoms with van der Waals surface area (Å²) in [4.78, 5) is 44.0. The first-order valence-corrected chi connectivity index (χ1v) is 12.0. The number of rotatable bonds is 6. The molecule has 0 saturated carbocycles. The van der Waals surface area contributed by atoms with Gasteiger partial charge in [-0.25, -0.2) is 4.79 Å². The Labute approximate surface area is 191 Å². The number of urea groups is 1. The summed E-state index contributed by atoms with van der Waals surface area (Å²) in [6.45, 7) is 8.49. The van der Waals surface area contributed by atoms with Crippen molar-refractivity contribution in [2.75, 3.05) is 32.7 Å². The van der Waals surface area contributed by atoms with Crippen molar-refractivity contribution >= 4 is 17.8 Å². The summed E-state index contributed by atoms with van der Waals surface area (Å²) in [5.74, 6) is 0.789. The fraction of sp³-hybridized carbons (Fsp3) is 0.640. The molecule has 1 spiro atoms. The molecule has 0 bridgehead atoms. The van der Waals surface area contributed by atoms with Gasteiger partial charge in [-0.2, -0.15) is 0 Å². The Morgan fingerprint density at radius 3 is 2.34 bits per heavy atom. The first kappa shape index (κ1) is 22.8. The summed E-state index contributed by atoms with van der Waals surface area (Å²) in [6, 6.07) is 10.1. The van der Waals surface area contributed by atoms with Gasteiger partial charge in [0.25, 0.3) is 5.91 Å². The van der Waals surface area contributed by atoms with Crippen molar-refractivity contribution < 1.29 is 14.4 Å². The number of piperidine rings is 2. The number of hydrogen-bond acceptors (Lipinski definition) is 4. The van der Waals surface area contributed by atoms with E-state index in [0.717, 1.165) is 45.6 Å². The maximum Gasteiger partial charge on any atom is 0.325 e. The predicted molar refractivity (Wildman–Crippen MR) is 123 cm³/mol. The van der Waals surface area contributed by atoms with Crippen LogP contribution < -0.4 is 5.32 Å². The van der Waals surface area contributed by atoms with Crippen LogP contribution in [0.2, 0.25) is 0 Å². The van der Waals surface area contributed by atoms with E-state index in [-0.39, 0.29) is 23.8 Å². The van der Waals surface area contributed by atoms with E-state index >= 15 is 0 Å². The molecule has 1 aromatic carbocycles. The minimum atomic E-state index is -0.738. The number of imide groups is 1. The molecular weight excluding hydrogens is 404 g/mol. The first-order chi connectivity index (χ1) is 15.4. The molecule has 4 rings (SSSR count). The largest absolute Gasteiger partial charge is 0.343 e. The molecule has 0 atom stereocenters. The van der Waals surface area contributed by atoms with Gasteiger partial charge < -0.3 is 10.2 Å². The van der Waals surface area contributed by atoms with Gasteiger partial charge in [-0.3, -0.25) is 19.4 Å². The van der Waals surface area contributed by atoms with E-state index in [1.54, 1.807) is 0 Å². The van der Waals surface area contributed by atoms with E-state index in [9.17, 15) is 14.4 Å². The molecule has 0 aliphatic carbocycles. The summed E-state index contributed by atoms with van der Waals surface area (Å²) in [5.41, 5.74) is 0.531. The lowest BCUT2D eigenvalue weighted by Crippen LogP contribution is -2.54. The monoisotopic (exact) mass is 440 g/mol. The summed E-state index contributed by atoms with van der Waals surface area (Å²) in [7, 11) is 0. The average Bonchev–Trinajstić information content (AvgIpc) is 3.00. The van der Waals surface area contributed by atoms with Crippen LogP contribution in [0.3, 0.4) is 0 Å². The second kappa shape index (κ2) is 9.61. The molecule has 174 valence electrons. The molecule has 3 fully saturated rings. The Bertz CT molecular complexity index is 825. The summed E-state index contributed by atoms with van der Waals surface area (Å²) in [5, 5.41) is 3.04. The minimum absolute atomic E-state index is 0.0554. The van der Waals surface area contributed by atoms with Crippen molar-refractivity contribution in [2.45, 2.75) is 58.0 Å². The van der Waals surface area contributed by atoms with Gasteiger partial charge in [0.1, 0.15) is 5.54 Å². The minimum Gasteiger partial charge on any atom is -0.343 e. The van der Waals surface area contributed by atoms with E-state index in [4.69, 9.17) is 0 Å². The number of nitrogens with one attached hydrogen (secondary N) is 1. The Hall–Kier alpha value is -2.41. The smallest absolute Gasteiger partial charge is 0.325 e. The van der Waals surface area contributed by atoms with Gasteiger partial charge in [0, 0.05) is 45.7 Å². The predicted octanol–water partition coefficient (Wildman–Crippen LogP) is 2.86. The van der Waals surface area contributed by atoms with E-state index in [1.807, 2.05) is 23.1 Å².